The summed E-state index contributed by atoms with van der Waals surface area (Å²) >= 11 is 0. The number of nitrogens with zero attached hydrogens (tertiary/aromatic N) is 2. The number of hydrogen-bond donors (Lipinski definition) is 0. The molecule has 0 aromatic heterocycles. The Hall–Kier alpha value is -5.80. The molecule has 2 nitrogen and oxygen atoms in total. The van der Waals surface area contributed by atoms with Gasteiger partial charge in [0.2, 0.25) is 0 Å². The summed E-state index contributed by atoms with van der Waals surface area (Å²) in [6, 6.07) is 53.4. The number of hydrogen-bond acceptors (Lipinski definition) is 2. The quantitative estimate of drug-likeness (QED) is 0.159. The van der Waals surface area contributed by atoms with E-state index in [1.54, 1.807) is 0 Å². The van der Waals surface area contributed by atoms with Crippen molar-refractivity contribution in [3.8, 4) is 11.1 Å². The van der Waals surface area contributed by atoms with E-state index in [0.29, 0.717) is 0 Å². The highest BCUT2D eigenvalue weighted by molar-refractivity contribution is 7.00. The molecule has 73 heavy (non-hydrogen) atoms. The molecule has 374 valence electrons. The normalized spacial score (nSPS) is 18.1. The van der Waals surface area contributed by atoms with E-state index in [1.165, 1.54) is 137 Å². The summed E-state index contributed by atoms with van der Waals surface area (Å²) in [6.07, 6.45) is 4.71. The molecule has 0 fully saturated rings. The minimum atomic E-state index is -0.237. The van der Waals surface area contributed by atoms with Crippen LogP contribution in [0.5, 0.6) is 0 Å². The number of rotatable bonds is 5. The third-order valence-electron chi connectivity index (χ3n) is 18.6. The third-order valence-corrected chi connectivity index (χ3v) is 18.6. The van der Waals surface area contributed by atoms with E-state index in [4.69, 9.17) is 0 Å². The van der Waals surface area contributed by atoms with Crippen molar-refractivity contribution in [2.75, 3.05) is 9.80 Å². The molecule has 0 amide bonds. The summed E-state index contributed by atoms with van der Waals surface area (Å²) in [6.45, 7) is 41.0. The van der Waals surface area contributed by atoms with Crippen LogP contribution in [0.25, 0.3) is 11.1 Å². The summed E-state index contributed by atoms with van der Waals surface area (Å²) < 4.78 is 0. The Morgan fingerprint density at radius 2 is 0.918 bits per heavy atom. The third kappa shape index (κ3) is 7.96. The summed E-state index contributed by atoms with van der Waals surface area (Å²) in [5.74, 6) is 0. The molecule has 11 rings (SSSR count). The van der Waals surface area contributed by atoms with Crippen molar-refractivity contribution >= 4 is 57.2 Å². The van der Waals surface area contributed by atoms with Crippen molar-refractivity contribution < 1.29 is 0 Å². The van der Waals surface area contributed by atoms with Gasteiger partial charge in [-0.05, 0) is 186 Å². The molecule has 0 N–H and O–H groups in total. The van der Waals surface area contributed by atoms with Gasteiger partial charge in [-0.25, -0.2) is 0 Å². The van der Waals surface area contributed by atoms with Crippen LogP contribution in [0.1, 0.15) is 187 Å². The van der Waals surface area contributed by atoms with Crippen LogP contribution >= 0.6 is 0 Å². The minimum Gasteiger partial charge on any atom is -0.311 e. The van der Waals surface area contributed by atoms with Gasteiger partial charge in [-0.1, -0.05) is 196 Å². The Morgan fingerprint density at radius 1 is 0.397 bits per heavy atom. The average molecular weight is 961 g/mol. The van der Waals surface area contributed by atoms with Gasteiger partial charge in [-0.3, -0.25) is 0 Å². The fourth-order valence-electron chi connectivity index (χ4n) is 13.4. The van der Waals surface area contributed by atoms with E-state index < -0.39 is 0 Å². The largest absolute Gasteiger partial charge is 0.311 e. The molecule has 0 spiro atoms. The van der Waals surface area contributed by atoms with E-state index in [-0.39, 0.29) is 44.6 Å². The van der Waals surface area contributed by atoms with E-state index in [1.807, 2.05) is 0 Å². The molecule has 4 aliphatic rings. The van der Waals surface area contributed by atoms with Crippen LogP contribution in [0.3, 0.4) is 0 Å². The van der Waals surface area contributed by atoms with Crippen molar-refractivity contribution in [2.45, 2.75) is 181 Å². The van der Waals surface area contributed by atoms with E-state index in [9.17, 15) is 0 Å². The molecule has 0 radical (unpaired) electrons. The fourth-order valence-corrected chi connectivity index (χ4v) is 13.4. The molecular formula is C70H81BN2. The van der Waals surface area contributed by atoms with Gasteiger partial charge in [0.05, 0.1) is 5.69 Å². The first-order chi connectivity index (χ1) is 34.1. The summed E-state index contributed by atoms with van der Waals surface area (Å²) in [7, 11) is 0. The number of anilines is 6. The second kappa shape index (κ2) is 16.4. The summed E-state index contributed by atoms with van der Waals surface area (Å²) in [5.41, 5.74) is 26.9. The first-order valence-corrected chi connectivity index (χ1v) is 27.6. The van der Waals surface area contributed by atoms with Gasteiger partial charge in [0.1, 0.15) is 0 Å². The summed E-state index contributed by atoms with van der Waals surface area (Å²) in [5, 5.41) is 0. The lowest BCUT2D eigenvalue weighted by Gasteiger charge is -2.48. The molecule has 0 saturated carbocycles. The molecule has 7 aromatic carbocycles. The van der Waals surface area contributed by atoms with Crippen molar-refractivity contribution in [2.24, 2.45) is 0 Å². The SMILES string of the molecule is Cc1cc2c3c(c1)N(c1ccc(C(C)(C)C)cc1-c1cccc(C(C)(C)C)c1)c1ccc(C(C)(C)c4ccccc4)cc1B3c1cc3c(cc1N2c1ccc2c(c1)C(C)(C)CCC2(C)C)C(C)(C)CCC3(C)C. The minimum absolute atomic E-state index is 0.00179. The maximum absolute atomic E-state index is 2.71. The molecule has 2 aliphatic carbocycles. The predicted molar refractivity (Wildman–Crippen MR) is 317 cm³/mol. The van der Waals surface area contributed by atoms with E-state index >= 15 is 0 Å². The van der Waals surface area contributed by atoms with Crippen LogP contribution < -0.4 is 26.2 Å². The number of aryl methyl sites for hydroxylation is 1. The maximum atomic E-state index is 2.71. The van der Waals surface area contributed by atoms with Crippen LogP contribution in [-0.2, 0) is 37.9 Å². The smallest absolute Gasteiger partial charge is 0.252 e. The van der Waals surface area contributed by atoms with Crippen molar-refractivity contribution in [3.05, 3.63) is 184 Å². The molecule has 0 unspecified atom stereocenters. The molecule has 0 atom stereocenters. The van der Waals surface area contributed by atoms with Gasteiger partial charge >= 0.3 is 0 Å². The molecule has 2 heterocycles. The molecular weight excluding hydrogens is 880 g/mol. The topological polar surface area (TPSA) is 6.48 Å². The Balaban J connectivity index is 1.27. The lowest BCUT2D eigenvalue weighted by atomic mass is 9.33. The predicted octanol–water partition coefficient (Wildman–Crippen LogP) is 17.4. The van der Waals surface area contributed by atoms with Crippen LogP contribution in [-0.4, -0.2) is 6.71 Å². The van der Waals surface area contributed by atoms with Gasteiger partial charge < -0.3 is 9.80 Å². The highest BCUT2D eigenvalue weighted by Crippen LogP contribution is 2.54. The van der Waals surface area contributed by atoms with Gasteiger partial charge in [0, 0.05) is 39.4 Å². The van der Waals surface area contributed by atoms with E-state index in [2.05, 4.69) is 261 Å². The fraction of sp³-hybridized carbons (Fsp3) is 0.400. The Bertz CT molecular complexity index is 3360. The second-order valence-electron chi connectivity index (χ2n) is 28.1. The first-order valence-electron chi connectivity index (χ1n) is 27.6. The maximum Gasteiger partial charge on any atom is 0.252 e. The zero-order chi connectivity index (χ0) is 52.2. The van der Waals surface area contributed by atoms with Crippen LogP contribution in [0.2, 0.25) is 0 Å². The van der Waals surface area contributed by atoms with Gasteiger partial charge in [0.25, 0.3) is 6.71 Å². The number of benzene rings is 7. The zero-order valence-electron chi connectivity index (χ0n) is 47.5. The lowest BCUT2D eigenvalue weighted by Crippen LogP contribution is -2.62. The Labute approximate surface area is 440 Å². The van der Waals surface area contributed by atoms with E-state index in [0.717, 1.165) is 0 Å². The van der Waals surface area contributed by atoms with Gasteiger partial charge in [-0.15, -0.1) is 0 Å². The van der Waals surface area contributed by atoms with Gasteiger partial charge in [0.15, 0.2) is 0 Å². The van der Waals surface area contributed by atoms with Crippen molar-refractivity contribution in [3.63, 3.8) is 0 Å². The number of fused-ring (bicyclic) bond motifs is 6. The molecule has 7 aromatic rings. The van der Waals surface area contributed by atoms with Gasteiger partial charge in [-0.2, -0.15) is 0 Å². The molecule has 0 bridgehead atoms. The highest BCUT2D eigenvalue weighted by Gasteiger charge is 2.48. The Kier molecular flexibility index (Phi) is 11.1. The van der Waals surface area contributed by atoms with Crippen molar-refractivity contribution in [1.29, 1.82) is 0 Å². The van der Waals surface area contributed by atoms with Crippen LogP contribution in [0.15, 0.2) is 133 Å². The molecule has 0 saturated heterocycles. The first kappa shape index (κ1) is 49.4. The lowest BCUT2D eigenvalue weighted by molar-refractivity contribution is 0.332. The van der Waals surface area contributed by atoms with Crippen molar-refractivity contribution in [1.82, 2.24) is 0 Å². The monoisotopic (exact) mass is 961 g/mol. The summed E-state index contributed by atoms with van der Waals surface area (Å²) in [4.78, 5) is 5.39. The molecule has 3 heteroatoms. The van der Waals surface area contributed by atoms with Crippen LogP contribution in [0, 0.1) is 6.92 Å². The average Bonchev–Trinajstić information content (AvgIpc) is 3.33. The Morgan fingerprint density at radius 3 is 1.55 bits per heavy atom. The van der Waals surface area contributed by atoms with Crippen LogP contribution in [0.4, 0.5) is 34.1 Å². The zero-order valence-corrected chi connectivity index (χ0v) is 47.5. The highest BCUT2D eigenvalue weighted by atomic mass is 15.2. The molecule has 2 aliphatic heterocycles. The standard InChI is InChI=1S/C70H81BN2/c1-44-36-61-63-62(37-44)73(58-30-26-48(65(5,6)7)39-51(58)45-22-21-25-47(38-45)64(2,3)4)59-31-27-49(70(16,17)46-23-19-18-20-24-46)40-56(59)71(63)57-42-54-55(69(14,15)35-34-68(54,12)13)43-60(57)72(61)50-28-29-52-53(41-50)67(10,11)33-32-66(52,8)9/h18-31,36-43H,32-35H2,1-17H3. The second-order valence-corrected chi connectivity index (χ2v) is 28.1.